The van der Waals surface area contributed by atoms with Crippen LogP contribution < -0.4 is 0 Å². The van der Waals surface area contributed by atoms with E-state index in [9.17, 15) is 70.6 Å². The molecule has 3 aliphatic heterocycles. The number of allylic oxidation sites excluding steroid dienone is 3. The third-order valence-corrected chi connectivity index (χ3v) is 20.5. The van der Waals surface area contributed by atoms with E-state index in [1.807, 2.05) is 13.8 Å². The van der Waals surface area contributed by atoms with E-state index >= 15 is 0 Å². The highest BCUT2D eigenvalue weighted by molar-refractivity contribution is 5.87. The van der Waals surface area contributed by atoms with Crippen LogP contribution in [0.15, 0.2) is 23.3 Å². The minimum atomic E-state index is -2.10. The van der Waals surface area contributed by atoms with Crippen LogP contribution in [0.3, 0.4) is 0 Å². The van der Waals surface area contributed by atoms with Gasteiger partial charge in [-0.2, -0.15) is 0 Å². The molecule has 0 aromatic heterocycles. The number of fused-ring (bicyclic) bond motifs is 7. The number of aliphatic hydroxyl groups is 10. The minimum Gasteiger partial charge on any atom is -0.479 e. The largest absolute Gasteiger partial charge is 0.479 e. The van der Waals surface area contributed by atoms with Gasteiger partial charge in [-0.3, -0.25) is 4.79 Å². The molecule has 0 aromatic carbocycles. The van der Waals surface area contributed by atoms with E-state index in [0.717, 1.165) is 5.57 Å². The predicted molar refractivity (Wildman–Crippen MR) is 262 cm³/mol. The maximum absolute atomic E-state index is 13.3. The molecule has 7 fully saturated rings. The molecule has 0 amide bonds. The maximum atomic E-state index is 13.3. The second-order valence-corrected chi connectivity index (χ2v) is 25.2. The molecule has 22 heteroatoms. The quantitative estimate of drug-likeness (QED) is 0.0513. The van der Waals surface area contributed by atoms with E-state index < -0.39 is 175 Å². The summed E-state index contributed by atoms with van der Waals surface area (Å²) in [7, 11) is 0. The summed E-state index contributed by atoms with van der Waals surface area (Å²) >= 11 is 0. The van der Waals surface area contributed by atoms with E-state index in [1.54, 1.807) is 19.9 Å². The summed E-state index contributed by atoms with van der Waals surface area (Å²) in [6.07, 6.45) is -21.8. The summed E-state index contributed by atoms with van der Waals surface area (Å²) in [6.45, 7) is 17.6. The fourth-order valence-electron chi connectivity index (χ4n) is 15.9. The molecule has 4 saturated carbocycles. The van der Waals surface area contributed by atoms with Gasteiger partial charge in [-0.15, -0.1) is 0 Å². The van der Waals surface area contributed by atoms with E-state index in [-0.39, 0.29) is 30.3 Å². The third kappa shape index (κ3) is 9.42. The molecule has 11 N–H and O–H groups in total. The van der Waals surface area contributed by atoms with Crippen molar-refractivity contribution in [3.8, 4) is 0 Å². The lowest BCUT2D eigenvalue weighted by Crippen LogP contribution is -2.72. The molecule has 5 aliphatic carbocycles. The van der Waals surface area contributed by atoms with E-state index in [0.29, 0.717) is 44.1 Å². The zero-order chi connectivity index (χ0) is 56.2. The number of esters is 2. The van der Waals surface area contributed by atoms with Crippen LogP contribution in [0.1, 0.15) is 114 Å². The second-order valence-electron chi connectivity index (χ2n) is 25.2. The average molecular weight is 1090 g/mol. The molecule has 22 nitrogen and oxygen atoms in total. The minimum absolute atomic E-state index is 0.0355. The molecule has 0 aromatic rings. The summed E-state index contributed by atoms with van der Waals surface area (Å²) < 4.78 is 48.3. The lowest BCUT2D eigenvalue weighted by Gasteiger charge is -2.72. The molecule has 0 radical (unpaired) electrons. The van der Waals surface area contributed by atoms with Crippen molar-refractivity contribution in [2.24, 2.45) is 50.2 Å². The van der Waals surface area contributed by atoms with Crippen LogP contribution >= 0.6 is 0 Å². The Labute approximate surface area is 443 Å². The lowest BCUT2D eigenvalue weighted by molar-refractivity contribution is -0.386. The van der Waals surface area contributed by atoms with Crippen molar-refractivity contribution in [2.75, 3.05) is 19.8 Å². The molecular formula is C54H84O22. The first-order valence-corrected chi connectivity index (χ1v) is 26.9. The van der Waals surface area contributed by atoms with Crippen LogP contribution in [0.25, 0.3) is 0 Å². The SMILES string of the molecule is C/C=C(/C)C(=O)O[C@H]1[C@H](O)[C@]2(COC(C)=O)[C@H](O)C[C@]3(C)C(=CC[C@@H]4[C@@]5(C)CC[C@H](O[C@@H]6O[C@H](C(=O)O)[C@@H](O)[C@H](O[C@@H]7O[C@@H](CO)[C@H](O)[C@H]7O)[C@H]6O[C@@H]6O[C@H](CO)[C@H](O)[C@H](O)[C@H]6O)C(C)(C)[C@@H]5CC[C@]43C)[C@@H]2CC1(C)C. The number of hydrogen-bond acceptors (Lipinski definition) is 21. The number of carbonyl (C=O) groups is 3. The van der Waals surface area contributed by atoms with Crippen LogP contribution in [0.4, 0.5) is 0 Å². The molecule has 8 rings (SSSR count). The van der Waals surface area contributed by atoms with E-state index in [4.69, 9.17) is 37.9 Å². The van der Waals surface area contributed by atoms with Gasteiger partial charge in [0.15, 0.2) is 25.0 Å². The van der Waals surface area contributed by atoms with Crippen molar-refractivity contribution in [2.45, 2.75) is 225 Å². The topological polar surface area (TPSA) is 348 Å². The van der Waals surface area contributed by atoms with E-state index in [1.165, 1.54) is 6.92 Å². The first kappa shape index (κ1) is 59.4. The Kier molecular flexibility index (Phi) is 16.6. The number of carboxylic acid groups (broad SMARTS) is 1. The third-order valence-electron chi connectivity index (χ3n) is 20.5. The van der Waals surface area contributed by atoms with Gasteiger partial charge >= 0.3 is 17.9 Å². The van der Waals surface area contributed by atoms with Gasteiger partial charge in [-0.25, -0.2) is 9.59 Å². The Morgan fingerprint density at radius 2 is 1.30 bits per heavy atom. The number of hydrogen-bond donors (Lipinski definition) is 11. The van der Waals surface area contributed by atoms with Crippen molar-refractivity contribution < 1.29 is 108 Å². The van der Waals surface area contributed by atoms with Gasteiger partial charge in [0.1, 0.15) is 79.9 Å². The summed E-state index contributed by atoms with van der Waals surface area (Å²) in [5, 5.41) is 121. The van der Waals surface area contributed by atoms with Gasteiger partial charge in [0, 0.05) is 17.9 Å². The van der Waals surface area contributed by atoms with Gasteiger partial charge in [0.05, 0.1) is 30.8 Å². The van der Waals surface area contributed by atoms with Crippen LogP contribution in [0.2, 0.25) is 0 Å². The number of carbonyl (C=O) groups excluding carboxylic acids is 2. The highest BCUT2D eigenvalue weighted by Crippen LogP contribution is 2.76. The van der Waals surface area contributed by atoms with Crippen molar-refractivity contribution >= 4 is 17.9 Å². The zero-order valence-electron chi connectivity index (χ0n) is 45.3. The Balaban J connectivity index is 1.11. The number of ether oxygens (including phenoxy) is 8. The molecule has 76 heavy (non-hydrogen) atoms. The Bertz CT molecular complexity index is 2220. The van der Waals surface area contributed by atoms with Crippen molar-refractivity contribution in [3.05, 3.63) is 23.3 Å². The van der Waals surface area contributed by atoms with Gasteiger partial charge < -0.3 is 94.1 Å². The van der Waals surface area contributed by atoms with Gasteiger partial charge in [0.25, 0.3) is 0 Å². The molecule has 0 spiro atoms. The fourth-order valence-corrected chi connectivity index (χ4v) is 15.9. The molecule has 432 valence electrons. The maximum Gasteiger partial charge on any atom is 0.335 e. The lowest BCUT2D eigenvalue weighted by atomic mass is 9.33. The molecule has 0 bridgehead atoms. The van der Waals surface area contributed by atoms with Gasteiger partial charge in [-0.05, 0) is 98.2 Å². The smallest absolute Gasteiger partial charge is 0.335 e. The molecule has 0 unspecified atom stereocenters. The number of rotatable bonds is 13. The van der Waals surface area contributed by atoms with Crippen molar-refractivity contribution in [3.63, 3.8) is 0 Å². The van der Waals surface area contributed by atoms with E-state index in [2.05, 4.69) is 40.7 Å². The summed E-state index contributed by atoms with van der Waals surface area (Å²) in [6, 6.07) is 0. The summed E-state index contributed by atoms with van der Waals surface area (Å²) in [5.41, 5.74) is -2.87. The second kappa shape index (κ2) is 21.3. The highest BCUT2D eigenvalue weighted by atomic mass is 16.8. The molecule has 25 atom stereocenters. The Morgan fingerprint density at radius 1 is 0.711 bits per heavy atom. The Morgan fingerprint density at radius 3 is 1.88 bits per heavy atom. The zero-order valence-corrected chi connectivity index (χ0v) is 45.3. The molecular weight excluding hydrogens is 1000 g/mol. The first-order chi connectivity index (χ1) is 35.4. The fraction of sp³-hybridized carbons (Fsp3) is 0.870. The van der Waals surface area contributed by atoms with Crippen molar-refractivity contribution in [1.82, 2.24) is 0 Å². The van der Waals surface area contributed by atoms with Gasteiger partial charge in [0.2, 0.25) is 0 Å². The Hall–Kier alpha value is -2.75. The molecule has 3 heterocycles. The van der Waals surface area contributed by atoms with Crippen LogP contribution in [-0.2, 0) is 52.3 Å². The molecule has 3 saturated heterocycles. The van der Waals surface area contributed by atoms with Crippen LogP contribution in [0, 0.1) is 50.2 Å². The number of aliphatic hydroxyl groups excluding tert-OH is 10. The highest BCUT2D eigenvalue weighted by Gasteiger charge is 2.73. The monoisotopic (exact) mass is 1080 g/mol. The normalized spacial score (nSPS) is 49.8. The summed E-state index contributed by atoms with van der Waals surface area (Å²) in [5.74, 6) is -3.27. The van der Waals surface area contributed by atoms with Gasteiger partial charge in [-0.1, -0.05) is 66.2 Å². The standard InChI is InChI=1S/C54H84O22/c1-11-23(2)45(68)76-43-42(65)54(22-69-24(3)57)26(18-49(43,4)5)25-12-13-30-51(8)16-15-32(50(6,7)29(51)14-17-52(30,9)53(25,10)19-31(54)58)72-48-41(75-47-37(63)35(61)33(59)27(20-55)70-47)39(38(64)40(74-48)44(66)67)73-46-36(62)34(60)28(21-56)71-46/h11-12,26-43,46-48,55-56,58-65H,13-22H2,1-10H3,(H,66,67)/b23-11-/t26-,27+,28-,29-,30+,31+,32-,33-,34-,35-,36+,37+,38-,39-,40-,41+,42-,43-,46-,47-,48+,51-,52+,53+,54-/m0/s1. The first-order valence-electron chi connectivity index (χ1n) is 26.9. The van der Waals surface area contributed by atoms with Crippen LogP contribution in [0.5, 0.6) is 0 Å². The number of aliphatic carboxylic acids is 1. The van der Waals surface area contributed by atoms with Crippen LogP contribution in [-0.4, -0.2) is 204 Å². The average Bonchev–Trinajstić information content (AvgIpc) is 3.63. The van der Waals surface area contributed by atoms with Crippen molar-refractivity contribution in [1.29, 1.82) is 0 Å². The number of carboxylic acids is 1. The predicted octanol–water partition coefficient (Wildman–Crippen LogP) is 0.346. The summed E-state index contributed by atoms with van der Waals surface area (Å²) in [4.78, 5) is 38.7. The molecule has 8 aliphatic rings.